The number of amides is 2. The van der Waals surface area contributed by atoms with Crippen LogP contribution < -0.4 is 0 Å². The predicted molar refractivity (Wildman–Crippen MR) is 103 cm³/mol. The molecule has 150 valence electrons. The average molecular weight is 386 g/mol. The van der Waals surface area contributed by atoms with Gasteiger partial charge in [0.2, 0.25) is 0 Å². The molecule has 1 fully saturated rings. The molecule has 1 aromatic carbocycles. The van der Waals surface area contributed by atoms with Gasteiger partial charge in [-0.15, -0.1) is 0 Å². The first-order valence-corrected chi connectivity index (χ1v) is 9.19. The minimum Gasteiger partial charge on any atom is -0.465 e. The number of rotatable bonds is 2. The van der Waals surface area contributed by atoms with Gasteiger partial charge in [-0.25, -0.2) is 14.5 Å². The highest BCUT2D eigenvalue weighted by Gasteiger charge is 2.53. The van der Waals surface area contributed by atoms with Gasteiger partial charge in [-0.3, -0.25) is 4.79 Å². The Morgan fingerprint density at radius 2 is 1.93 bits per heavy atom. The monoisotopic (exact) mass is 386 g/mol. The van der Waals surface area contributed by atoms with E-state index in [1.807, 2.05) is 20.2 Å². The van der Waals surface area contributed by atoms with Crippen molar-refractivity contribution in [1.29, 1.82) is 0 Å². The SMILES string of the molecule is COC(=O)c1ccc2c(c1)C1C(C2)C(=CN(C)C)C(=O)N1C(=O)OC(C)(C)C. The van der Waals surface area contributed by atoms with Gasteiger partial charge in [0.1, 0.15) is 5.60 Å². The number of fused-ring (bicyclic) bond motifs is 3. The van der Waals surface area contributed by atoms with E-state index in [2.05, 4.69) is 0 Å². The molecule has 1 aromatic rings. The summed E-state index contributed by atoms with van der Waals surface area (Å²) in [5.41, 5.74) is 2.03. The van der Waals surface area contributed by atoms with Crippen molar-refractivity contribution in [3.05, 3.63) is 46.7 Å². The molecule has 7 nitrogen and oxygen atoms in total. The van der Waals surface area contributed by atoms with Crippen molar-refractivity contribution >= 4 is 18.0 Å². The topological polar surface area (TPSA) is 76.2 Å². The second-order valence-electron chi connectivity index (χ2n) is 8.36. The van der Waals surface area contributed by atoms with Crippen LogP contribution in [-0.2, 0) is 20.7 Å². The van der Waals surface area contributed by atoms with E-state index in [1.165, 1.54) is 12.0 Å². The van der Waals surface area contributed by atoms with E-state index in [4.69, 9.17) is 9.47 Å². The van der Waals surface area contributed by atoms with Crippen molar-refractivity contribution in [1.82, 2.24) is 9.80 Å². The van der Waals surface area contributed by atoms with Crippen molar-refractivity contribution in [3.63, 3.8) is 0 Å². The third-order valence-electron chi connectivity index (χ3n) is 4.84. The molecule has 0 aromatic heterocycles. The molecular weight excluding hydrogens is 360 g/mol. The first-order chi connectivity index (χ1) is 13.0. The Labute approximate surface area is 164 Å². The summed E-state index contributed by atoms with van der Waals surface area (Å²) in [7, 11) is 4.99. The third-order valence-corrected chi connectivity index (χ3v) is 4.84. The molecular formula is C21H26N2O5. The zero-order chi connectivity index (χ0) is 20.8. The summed E-state index contributed by atoms with van der Waals surface area (Å²) in [4.78, 5) is 40.9. The van der Waals surface area contributed by atoms with E-state index in [-0.39, 0.29) is 11.8 Å². The normalized spacial score (nSPS) is 22.1. The van der Waals surface area contributed by atoms with E-state index >= 15 is 0 Å². The van der Waals surface area contributed by atoms with Crippen molar-refractivity contribution in [2.24, 2.45) is 5.92 Å². The first kappa shape index (κ1) is 19.9. The Morgan fingerprint density at radius 1 is 1.25 bits per heavy atom. The number of imide groups is 1. The number of esters is 1. The fourth-order valence-corrected chi connectivity index (χ4v) is 3.83. The molecule has 7 heteroatoms. The molecule has 0 spiro atoms. The van der Waals surface area contributed by atoms with Gasteiger partial charge < -0.3 is 14.4 Å². The Morgan fingerprint density at radius 3 is 2.50 bits per heavy atom. The Hall–Kier alpha value is -2.83. The minimum atomic E-state index is -0.726. The summed E-state index contributed by atoms with van der Waals surface area (Å²) in [5, 5.41) is 0. The van der Waals surface area contributed by atoms with Crippen molar-refractivity contribution < 1.29 is 23.9 Å². The molecule has 1 aliphatic heterocycles. The number of benzene rings is 1. The van der Waals surface area contributed by atoms with Crippen molar-refractivity contribution in [3.8, 4) is 0 Å². The lowest BCUT2D eigenvalue weighted by Crippen LogP contribution is -2.39. The largest absolute Gasteiger partial charge is 0.465 e. The highest BCUT2D eigenvalue weighted by molar-refractivity contribution is 6.06. The highest BCUT2D eigenvalue weighted by Crippen LogP contribution is 2.50. The van der Waals surface area contributed by atoms with Crippen molar-refractivity contribution in [2.45, 2.75) is 38.8 Å². The summed E-state index contributed by atoms with van der Waals surface area (Å²) in [6.45, 7) is 5.28. The lowest BCUT2D eigenvalue weighted by atomic mass is 9.97. The van der Waals surface area contributed by atoms with Crippen LogP contribution in [0.1, 0.15) is 48.3 Å². The minimum absolute atomic E-state index is 0.176. The lowest BCUT2D eigenvalue weighted by Gasteiger charge is -2.27. The van der Waals surface area contributed by atoms with Crippen LogP contribution in [0, 0.1) is 5.92 Å². The lowest BCUT2D eigenvalue weighted by molar-refractivity contribution is -0.125. The van der Waals surface area contributed by atoms with Crippen LogP contribution in [-0.4, -0.2) is 54.6 Å². The summed E-state index contributed by atoms with van der Waals surface area (Å²) in [6.07, 6.45) is 1.70. The van der Waals surface area contributed by atoms with Gasteiger partial charge in [0.15, 0.2) is 0 Å². The van der Waals surface area contributed by atoms with Gasteiger partial charge in [-0.05, 0) is 50.5 Å². The van der Waals surface area contributed by atoms with Crippen molar-refractivity contribution in [2.75, 3.05) is 21.2 Å². The maximum atomic E-state index is 13.1. The van der Waals surface area contributed by atoms with Gasteiger partial charge in [-0.2, -0.15) is 0 Å². The molecule has 1 saturated heterocycles. The number of hydrogen-bond donors (Lipinski definition) is 0. The van der Waals surface area contributed by atoms with Crippen LogP contribution in [0.15, 0.2) is 30.0 Å². The first-order valence-electron chi connectivity index (χ1n) is 9.19. The predicted octanol–water partition coefficient (Wildman–Crippen LogP) is 2.91. The summed E-state index contributed by atoms with van der Waals surface area (Å²) < 4.78 is 10.3. The van der Waals surface area contributed by atoms with Crippen LogP contribution in [0.25, 0.3) is 0 Å². The Kier molecular flexibility index (Phi) is 4.95. The average Bonchev–Trinajstić information content (AvgIpc) is 3.07. The van der Waals surface area contributed by atoms with Gasteiger partial charge in [0.25, 0.3) is 5.91 Å². The quantitative estimate of drug-likeness (QED) is 0.575. The van der Waals surface area contributed by atoms with E-state index in [9.17, 15) is 14.4 Å². The summed E-state index contributed by atoms with van der Waals surface area (Å²) >= 11 is 0. The van der Waals surface area contributed by atoms with E-state index in [1.54, 1.807) is 44.0 Å². The van der Waals surface area contributed by atoms with Gasteiger partial charge in [0, 0.05) is 31.8 Å². The molecule has 2 aliphatic rings. The fourth-order valence-electron chi connectivity index (χ4n) is 3.83. The van der Waals surface area contributed by atoms with Crippen LogP contribution in [0.4, 0.5) is 4.79 Å². The smallest absolute Gasteiger partial charge is 0.417 e. The van der Waals surface area contributed by atoms with Gasteiger partial charge in [0.05, 0.1) is 18.7 Å². The zero-order valence-electron chi connectivity index (χ0n) is 17.1. The van der Waals surface area contributed by atoms with Gasteiger partial charge >= 0.3 is 12.1 Å². The molecule has 0 N–H and O–H groups in total. The molecule has 28 heavy (non-hydrogen) atoms. The maximum absolute atomic E-state index is 13.1. The standard InChI is InChI=1S/C21H26N2O5/c1-21(2,3)28-20(26)23-17-14-10-13(19(25)27-6)8-7-12(14)9-15(17)16(18(23)24)11-22(4)5/h7-8,10-11,15,17H,9H2,1-6H3. The molecule has 0 radical (unpaired) electrons. The molecule has 3 rings (SSSR count). The number of ether oxygens (including phenoxy) is 2. The fraction of sp³-hybridized carbons (Fsp3) is 0.476. The van der Waals surface area contributed by atoms with E-state index in [0.717, 1.165) is 11.1 Å². The van der Waals surface area contributed by atoms with E-state index in [0.29, 0.717) is 17.6 Å². The molecule has 1 aliphatic carbocycles. The summed E-state index contributed by atoms with van der Waals surface area (Å²) in [5.74, 6) is -0.985. The summed E-state index contributed by atoms with van der Waals surface area (Å²) in [6, 6.07) is 4.80. The molecule has 2 amide bonds. The maximum Gasteiger partial charge on any atom is 0.417 e. The Bertz CT molecular complexity index is 866. The number of nitrogens with zero attached hydrogens (tertiary/aromatic N) is 2. The van der Waals surface area contributed by atoms with Crippen LogP contribution in [0.3, 0.4) is 0 Å². The second kappa shape index (κ2) is 6.96. The van der Waals surface area contributed by atoms with E-state index < -0.39 is 23.7 Å². The van der Waals surface area contributed by atoms with Crippen LogP contribution in [0.2, 0.25) is 0 Å². The number of carbonyl (C=O) groups is 3. The molecule has 2 unspecified atom stereocenters. The number of likely N-dealkylation sites (tertiary alicyclic amines) is 1. The molecule has 2 atom stereocenters. The van der Waals surface area contributed by atoms with Gasteiger partial charge in [-0.1, -0.05) is 6.07 Å². The number of carbonyl (C=O) groups excluding carboxylic acids is 3. The van der Waals surface area contributed by atoms with Crippen LogP contribution in [0.5, 0.6) is 0 Å². The number of methoxy groups -OCH3 is 1. The molecule has 0 bridgehead atoms. The molecule has 0 saturated carbocycles. The zero-order valence-corrected chi connectivity index (χ0v) is 17.1. The highest BCUT2D eigenvalue weighted by atomic mass is 16.6. The molecule has 1 heterocycles. The number of hydrogen-bond acceptors (Lipinski definition) is 6. The Balaban J connectivity index is 2.09. The van der Waals surface area contributed by atoms with Crippen LogP contribution >= 0.6 is 0 Å². The third kappa shape index (κ3) is 3.48. The second-order valence-corrected chi connectivity index (χ2v) is 8.36.